The first kappa shape index (κ1) is 13.4. The second-order valence-electron chi connectivity index (χ2n) is 5.19. The van der Waals surface area contributed by atoms with Crippen molar-refractivity contribution in [1.82, 2.24) is 0 Å². The van der Waals surface area contributed by atoms with E-state index in [1.54, 1.807) is 6.07 Å². The Hall–Kier alpha value is -0.653. The fraction of sp³-hybridized carbons (Fsp3) is 0.545. The van der Waals surface area contributed by atoms with Gasteiger partial charge in [-0.05, 0) is 29.6 Å². The molecule has 1 heterocycles. The first-order valence-electron chi connectivity index (χ1n) is 5.17. The van der Waals surface area contributed by atoms with Gasteiger partial charge in [-0.2, -0.15) is 0 Å². The predicted molar refractivity (Wildman–Crippen MR) is 68.0 cm³/mol. The van der Waals surface area contributed by atoms with Crippen LogP contribution in [0.25, 0.3) is 0 Å². The van der Waals surface area contributed by atoms with E-state index in [9.17, 15) is 4.79 Å². The van der Waals surface area contributed by atoms with Crippen LogP contribution < -0.4 is 0 Å². The molecule has 0 aromatic carbocycles. The molecular weight excluding hydrogens is 240 g/mol. The molecule has 3 nitrogen and oxygen atoms in total. The maximum Gasteiger partial charge on any atom is 0.381 e. The van der Waals surface area contributed by atoms with Crippen LogP contribution in [-0.4, -0.2) is 14.3 Å². The van der Waals surface area contributed by atoms with Gasteiger partial charge in [-0.1, -0.05) is 26.8 Å². The molecule has 90 valence electrons. The molecule has 5 heteroatoms. The average molecular weight is 258 g/mol. The molecule has 0 radical (unpaired) electrons. The summed E-state index contributed by atoms with van der Waals surface area (Å²) in [5.74, 6) is -0.403. The van der Waals surface area contributed by atoms with Crippen molar-refractivity contribution >= 4 is 25.6 Å². The summed E-state index contributed by atoms with van der Waals surface area (Å²) in [5, 5.41) is 1.87. The van der Waals surface area contributed by atoms with Gasteiger partial charge in [-0.15, -0.1) is 11.3 Å². The van der Waals surface area contributed by atoms with Gasteiger partial charge < -0.3 is 4.89 Å². The normalized spacial score (nSPS) is 12.6. The molecule has 0 fully saturated rings. The molecule has 1 rings (SSSR count). The van der Waals surface area contributed by atoms with Crippen molar-refractivity contribution in [2.75, 3.05) is 0 Å². The Morgan fingerprint density at radius 2 is 2.00 bits per heavy atom. The minimum absolute atomic E-state index is 0.0305. The molecule has 0 N–H and O–H groups in total. The Labute approximate surface area is 101 Å². The largest absolute Gasteiger partial charge is 0.381 e. The average Bonchev–Trinajstić information content (AvgIpc) is 2.65. The summed E-state index contributed by atoms with van der Waals surface area (Å²) in [4.78, 5) is 17.0. The summed E-state index contributed by atoms with van der Waals surface area (Å²) < 4.78 is 5.38. The number of hydrogen-bond donors (Lipinski definition) is 0. The van der Waals surface area contributed by atoms with E-state index in [2.05, 4.69) is 20.8 Å². The molecule has 16 heavy (non-hydrogen) atoms. The van der Waals surface area contributed by atoms with E-state index < -0.39 is 14.3 Å². The van der Waals surface area contributed by atoms with Gasteiger partial charge >= 0.3 is 5.97 Å². The molecule has 0 aliphatic heterocycles. The van der Waals surface area contributed by atoms with Gasteiger partial charge in [-0.25, -0.2) is 9.37 Å². The zero-order chi connectivity index (χ0) is 12.4. The van der Waals surface area contributed by atoms with Crippen molar-refractivity contribution in [2.45, 2.75) is 38.9 Å². The van der Waals surface area contributed by atoms with Crippen LogP contribution in [0.15, 0.2) is 17.5 Å². The third kappa shape index (κ3) is 3.17. The quantitative estimate of drug-likeness (QED) is 0.469. The van der Waals surface area contributed by atoms with Crippen molar-refractivity contribution in [2.24, 2.45) is 0 Å². The number of carbonyl (C=O) groups excluding carboxylic acids is 1. The molecule has 0 aliphatic rings. The van der Waals surface area contributed by atoms with E-state index >= 15 is 0 Å². The Balaban J connectivity index is 2.56. The number of carbonyl (C=O) groups is 1. The highest BCUT2D eigenvalue weighted by molar-refractivity contribution is 7.11. The Bertz CT molecular complexity index is 352. The first-order chi connectivity index (χ1) is 7.24. The minimum Gasteiger partial charge on any atom is -0.304 e. The first-order valence-corrected chi connectivity index (χ1v) is 8.96. The van der Waals surface area contributed by atoms with E-state index in [1.165, 1.54) is 11.3 Å². The van der Waals surface area contributed by atoms with Crippen molar-refractivity contribution in [3.63, 3.8) is 0 Å². The molecule has 0 saturated carbocycles. The molecular formula is C11H18O3SSi. The molecule has 0 spiro atoms. The van der Waals surface area contributed by atoms with Crippen LogP contribution in [0.4, 0.5) is 0 Å². The fourth-order valence-corrected chi connectivity index (χ4v) is 1.83. The molecule has 1 aromatic rings. The number of thiophene rings is 1. The lowest BCUT2D eigenvalue weighted by Gasteiger charge is -2.33. The number of hydrogen-bond acceptors (Lipinski definition) is 4. The molecule has 0 bridgehead atoms. The predicted octanol–water partition coefficient (Wildman–Crippen LogP) is 3.84. The maximum absolute atomic E-state index is 11.6. The van der Waals surface area contributed by atoms with Crippen LogP contribution in [0.2, 0.25) is 18.1 Å². The van der Waals surface area contributed by atoms with Gasteiger partial charge in [0, 0.05) is 0 Å². The molecule has 0 aliphatic carbocycles. The summed E-state index contributed by atoms with van der Waals surface area (Å²) in [7, 11) is -2.02. The highest BCUT2D eigenvalue weighted by Gasteiger charge is 2.40. The molecule has 0 amide bonds. The Morgan fingerprint density at radius 3 is 2.44 bits per heavy atom. The van der Waals surface area contributed by atoms with Crippen LogP contribution in [0.5, 0.6) is 0 Å². The van der Waals surface area contributed by atoms with Gasteiger partial charge in [0.1, 0.15) is 4.88 Å². The van der Waals surface area contributed by atoms with E-state index in [1.807, 2.05) is 24.5 Å². The lowest BCUT2D eigenvalue weighted by molar-refractivity contribution is -0.163. The van der Waals surface area contributed by atoms with Crippen molar-refractivity contribution in [1.29, 1.82) is 0 Å². The third-order valence-electron chi connectivity index (χ3n) is 2.85. The van der Waals surface area contributed by atoms with E-state index in [0.29, 0.717) is 4.88 Å². The zero-order valence-corrected chi connectivity index (χ0v) is 12.2. The van der Waals surface area contributed by atoms with Gasteiger partial charge in [0.25, 0.3) is 8.32 Å². The van der Waals surface area contributed by atoms with E-state index in [-0.39, 0.29) is 5.04 Å². The molecule has 1 aromatic heterocycles. The van der Waals surface area contributed by atoms with Crippen LogP contribution >= 0.6 is 11.3 Å². The standard InChI is InChI=1S/C11H18O3SSi/c1-11(2,3)16(4,5)14-13-10(12)9-7-6-8-15-9/h6-8H,1-5H3. The second-order valence-corrected chi connectivity index (χ2v) is 10.8. The van der Waals surface area contributed by atoms with Crippen molar-refractivity contribution < 1.29 is 14.3 Å². The van der Waals surface area contributed by atoms with Crippen molar-refractivity contribution in [3.8, 4) is 0 Å². The Kier molecular flexibility index (Phi) is 3.93. The summed E-state index contributed by atoms with van der Waals surface area (Å²) >= 11 is 1.35. The minimum atomic E-state index is -2.02. The van der Waals surface area contributed by atoms with E-state index in [0.717, 1.165) is 0 Å². The second kappa shape index (κ2) is 4.69. The van der Waals surface area contributed by atoms with Gasteiger partial charge in [0.05, 0.1) is 0 Å². The van der Waals surface area contributed by atoms with Gasteiger partial charge in [-0.3, -0.25) is 0 Å². The van der Waals surface area contributed by atoms with Crippen LogP contribution in [0.1, 0.15) is 30.4 Å². The van der Waals surface area contributed by atoms with Gasteiger partial charge in [0.15, 0.2) is 0 Å². The van der Waals surface area contributed by atoms with Crippen LogP contribution in [0, 0.1) is 0 Å². The van der Waals surface area contributed by atoms with Crippen LogP contribution in [0.3, 0.4) is 0 Å². The maximum atomic E-state index is 11.6. The molecule has 0 unspecified atom stereocenters. The highest BCUT2D eigenvalue weighted by Crippen LogP contribution is 2.36. The third-order valence-corrected chi connectivity index (χ3v) is 7.82. The number of rotatable bonds is 3. The van der Waals surface area contributed by atoms with E-state index in [4.69, 9.17) is 9.46 Å². The lowest BCUT2D eigenvalue weighted by atomic mass is 10.2. The van der Waals surface area contributed by atoms with Crippen LogP contribution in [-0.2, 0) is 9.46 Å². The molecule has 0 saturated heterocycles. The lowest BCUT2D eigenvalue weighted by Crippen LogP contribution is -2.41. The monoisotopic (exact) mass is 258 g/mol. The SMILES string of the molecule is CC(C)(C)[Si](C)(C)OOC(=O)c1cccs1. The smallest absolute Gasteiger partial charge is 0.304 e. The summed E-state index contributed by atoms with van der Waals surface area (Å²) in [6.07, 6.45) is 0. The van der Waals surface area contributed by atoms with Gasteiger partial charge in [0.2, 0.25) is 0 Å². The highest BCUT2D eigenvalue weighted by atomic mass is 32.1. The topological polar surface area (TPSA) is 35.5 Å². The fourth-order valence-electron chi connectivity index (χ4n) is 0.703. The zero-order valence-electron chi connectivity index (χ0n) is 10.4. The summed E-state index contributed by atoms with van der Waals surface area (Å²) in [5.41, 5.74) is 0. The molecule has 0 atom stereocenters. The Morgan fingerprint density at radius 1 is 1.38 bits per heavy atom. The summed E-state index contributed by atoms with van der Waals surface area (Å²) in [6.45, 7) is 10.4. The van der Waals surface area contributed by atoms with Crippen molar-refractivity contribution in [3.05, 3.63) is 22.4 Å². The summed E-state index contributed by atoms with van der Waals surface area (Å²) in [6, 6.07) is 3.54.